The van der Waals surface area contributed by atoms with Crippen LogP contribution in [0.2, 0.25) is 0 Å². The van der Waals surface area contributed by atoms with Crippen LogP contribution in [0.3, 0.4) is 0 Å². The molecule has 0 aliphatic heterocycles. The number of hydrogen-bond acceptors (Lipinski definition) is 0. The predicted molar refractivity (Wildman–Crippen MR) is 0 cm³/mol. The van der Waals surface area contributed by atoms with E-state index in [4.69, 9.17) is 0 Å². The molecule has 0 aliphatic rings. The summed E-state index contributed by atoms with van der Waals surface area (Å²) in [7, 11) is 0. The molecule has 108 heavy (non-hydrogen) atoms. The van der Waals surface area contributed by atoms with Gasteiger partial charge in [0.2, 0.25) is 0 Å². The van der Waals surface area contributed by atoms with E-state index in [1.165, 1.54) is 0 Å². The molecule has 540 valence electrons. The zero-order chi connectivity index (χ0) is 0. The minimum Gasteiger partial charge on any atom is 0 e. The van der Waals surface area contributed by atoms with Gasteiger partial charge < -0.3 is 0 Å². The summed E-state index contributed by atoms with van der Waals surface area (Å²) >= 11 is 0. The largest absolute Gasteiger partial charge is 0 e. The van der Waals surface area contributed by atoms with Crippen LogP contribution in [0.25, 0.3) is 0 Å². The van der Waals surface area contributed by atoms with Crippen molar-refractivity contribution in [2.24, 2.45) is 0 Å². The first-order valence-electron chi connectivity index (χ1n) is 0. The van der Waals surface area contributed by atoms with Gasteiger partial charge in [-0.1, -0.05) is 0 Å². The summed E-state index contributed by atoms with van der Waals surface area (Å²) in [4.78, 5) is 0. The maximum atomic E-state index is 0. The van der Waals surface area contributed by atoms with Crippen LogP contribution >= 0.6 is 0 Å². The SMILES string of the molecule is [V].[V].[V].[V].[V].[V].[V].[V].[V].[V].[V].[V].[V].[V].[V].[V].[V].[V].[V].[V].[V].[V].[V].[V].[V].[V].[V].[V].[V].[V].[V].[V].[V].[V].[V].[V].[V].[V].[V].[V].[V].[V].[V].[V].[V].[V].[V].[V].[V].[V].[V].[V].[V].[V].[V].[V].[V].[V].[V].[V].[V].[V].[V].[V].[V].[V].[V].[V].[V].[V].[V].[V].[V].[V].[V].[V].[V].[V].[V].[V].[V].[V].[V].[V].[V].[V].[V].[V].[V].[V].[V].[V].[V].[V].[V].[V].[V].[V].[V].[V].[V].[V].[V].[V].[V].[V].[V].[V]. The van der Waals surface area contributed by atoms with Crippen LogP contribution < -0.4 is 0 Å². The standard InChI is InChI=1S/108V. The van der Waals surface area contributed by atoms with Crippen LogP contribution in [0.5, 0.6) is 0 Å². The van der Waals surface area contributed by atoms with Gasteiger partial charge in [-0.05, 0) is 0 Å². The molecule has 0 saturated carbocycles. The van der Waals surface area contributed by atoms with Gasteiger partial charge in [0, 0.05) is 2000 Å². The molecule has 0 N–H and O–H groups in total. The molecule has 0 atom stereocenters. The van der Waals surface area contributed by atoms with Gasteiger partial charge in [0.1, 0.15) is 0 Å². The second-order valence-electron chi connectivity index (χ2n) is 0. The Balaban J connectivity index is 0. The van der Waals surface area contributed by atoms with Crippen molar-refractivity contribution in [1.29, 1.82) is 0 Å². The number of rotatable bonds is 0. The molecule has 0 spiro atoms. The van der Waals surface area contributed by atoms with Crippen LogP contribution in [-0.4, -0.2) is 0 Å². The van der Waals surface area contributed by atoms with E-state index in [-0.39, 0.29) is 2000 Å². The van der Waals surface area contributed by atoms with Crippen molar-refractivity contribution in [1.82, 2.24) is 0 Å². The Hall–Kier alpha value is 63.1. The van der Waals surface area contributed by atoms with Crippen molar-refractivity contribution in [3.63, 3.8) is 0 Å². The fraction of sp³-hybridized carbons (Fsp3) is 0. The third-order valence-electron chi connectivity index (χ3n) is 0. The van der Waals surface area contributed by atoms with Gasteiger partial charge in [-0.15, -0.1) is 0 Å². The molecule has 0 aliphatic carbocycles. The quantitative estimate of drug-likeness (QED) is 0.314. The van der Waals surface area contributed by atoms with E-state index in [2.05, 4.69) is 0 Å². The van der Waals surface area contributed by atoms with Crippen molar-refractivity contribution in [3.8, 4) is 0 Å². The van der Waals surface area contributed by atoms with Crippen LogP contribution in [0.1, 0.15) is 0 Å². The van der Waals surface area contributed by atoms with E-state index in [1.54, 1.807) is 0 Å². The predicted octanol–water partition coefficient (Wildman–Crippen LogP) is -0.270. The Morgan fingerprint density at radius 1 is 0.00926 bits per heavy atom. The van der Waals surface area contributed by atoms with Crippen molar-refractivity contribution in [2.45, 2.75) is 0 Å². The van der Waals surface area contributed by atoms with E-state index in [1.807, 2.05) is 0 Å². The molecule has 0 fully saturated rings. The molecule has 0 aromatic carbocycles. The Labute approximate surface area is 1950 Å². The maximum absolute atomic E-state index is 0. The van der Waals surface area contributed by atoms with Gasteiger partial charge >= 0.3 is 0 Å². The molecular weight excluding hydrogens is 5500 g/mol. The van der Waals surface area contributed by atoms with Crippen LogP contribution in [-0.2, 0) is 2000 Å². The fourth-order valence-corrected chi connectivity index (χ4v) is 0. The van der Waals surface area contributed by atoms with Gasteiger partial charge in [0.05, 0.1) is 0 Å². The average Bonchev–Trinajstić information content (AvgIpc) is 0. The molecule has 0 unspecified atom stereocenters. The Morgan fingerprint density at radius 3 is 0.00926 bits per heavy atom. The first kappa shape index (κ1) is 1240. The Bertz CT molecular complexity index is 0. The van der Waals surface area contributed by atoms with Crippen LogP contribution in [0.4, 0.5) is 0 Å². The van der Waals surface area contributed by atoms with Crippen LogP contribution in [0, 0.1) is 0 Å². The fourth-order valence-electron chi connectivity index (χ4n) is 0. The molecule has 0 aromatic rings. The second kappa shape index (κ2) is 1220. The minimum absolute atomic E-state index is 0. The molecular formula is V108. The molecule has 0 aromatic heterocycles. The summed E-state index contributed by atoms with van der Waals surface area (Å²) in [6.45, 7) is 0. The van der Waals surface area contributed by atoms with Gasteiger partial charge in [-0.25, -0.2) is 0 Å². The average molecular weight is 5500 g/mol. The summed E-state index contributed by atoms with van der Waals surface area (Å²) in [5.41, 5.74) is 0. The summed E-state index contributed by atoms with van der Waals surface area (Å²) in [5, 5.41) is 0. The summed E-state index contributed by atoms with van der Waals surface area (Å²) in [6.07, 6.45) is 0. The first-order valence-corrected chi connectivity index (χ1v) is 0. The summed E-state index contributed by atoms with van der Waals surface area (Å²) in [5.74, 6) is 0. The van der Waals surface area contributed by atoms with Crippen molar-refractivity contribution in [2.75, 3.05) is 0 Å². The Morgan fingerprint density at radius 2 is 0.00926 bits per heavy atom. The zero-order valence-electron chi connectivity index (χ0n) is 48.3. The third-order valence-corrected chi connectivity index (χ3v) is 0. The topological polar surface area (TPSA) is 0 Å². The smallest absolute Gasteiger partial charge is 0 e. The first-order chi connectivity index (χ1) is 0. The maximum Gasteiger partial charge on any atom is 0 e. The molecule has 0 saturated heterocycles. The summed E-state index contributed by atoms with van der Waals surface area (Å²) < 4.78 is 0. The van der Waals surface area contributed by atoms with Gasteiger partial charge in [-0.2, -0.15) is 0 Å². The molecule has 0 bridgehead atoms. The van der Waals surface area contributed by atoms with E-state index in [9.17, 15) is 0 Å². The molecule has 108 heteroatoms. The molecule has 0 rings (SSSR count). The van der Waals surface area contributed by atoms with E-state index < -0.39 is 0 Å². The van der Waals surface area contributed by atoms with Crippen LogP contribution in [0.15, 0.2) is 0 Å². The molecule has 0 amide bonds. The van der Waals surface area contributed by atoms with Crippen molar-refractivity contribution >= 4 is 0 Å². The van der Waals surface area contributed by atoms with E-state index in [0.29, 0.717) is 0 Å². The number of hydrogen-bond donors (Lipinski definition) is 0. The second-order valence-corrected chi connectivity index (χ2v) is 0. The summed E-state index contributed by atoms with van der Waals surface area (Å²) in [6, 6.07) is 0. The monoisotopic (exact) mass is 5500 g/mol. The molecule has 0 heterocycles. The molecule has 0 nitrogen and oxygen atoms in total. The molecule has 108 radical (unpaired) electrons. The third kappa shape index (κ3) is 1200. The van der Waals surface area contributed by atoms with Gasteiger partial charge in [-0.3, -0.25) is 0 Å². The van der Waals surface area contributed by atoms with Crippen molar-refractivity contribution < 1.29 is 2000 Å². The van der Waals surface area contributed by atoms with Gasteiger partial charge in [0.25, 0.3) is 0 Å². The van der Waals surface area contributed by atoms with Crippen molar-refractivity contribution in [3.05, 3.63) is 0 Å². The van der Waals surface area contributed by atoms with E-state index in [0.717, 1.165) is 0 Å². The Kier molecular flexibility index (Phi) is 14100. The minimum atomic E-state index is 0. The van der Waals surface area contributed by atoms with E-state index >= 15 is 0 Å². The zero-order valence-corrected chi connectivity index (χ0v) is 199. The normalized spacial score (nSPS) is 0. The van der Waals surface area contributed by atoms with Gasteiger partial charge in [0.15, 0.2) is 0 Å².